The standard InChI is InChI=1S/C32H36ClFN6O/c1-17-9-21-12-20(35-17)10-18(2)40(21)31-26-14-27(33)28(25-13-23(41)11-19-7-5-6-8-24(19)25)29(34)30(26)36-32(37-31)39-15-22(16-39)38(3)4/h5-8,11,13-14,17-18,20-22,35,41H,9-10,12,15-16H2,1-4H3. The number of rotatable bonds is 4. The molecule has 3 fully saturated rings. The van der Waals surface area contributed by atoms with Gasteiger partial charge in [-0.25, -0.2) is 9.37 Å². The maximum atomic E-state index is 16.9. The van der Waals surface area contributed by atoms with Gasteiger partial charge >= 0.3 is 0 Å². The number of aromatic nitrogens is 2. The lowest BCUT2D eigenvalue weighted by atomic mass is 9.84. The fourth-order valence-electron chi connectivity index (χ4n) is 7.23. The summed E-state index contributed by atoms with van der Waals surface area (Å²) in [5.74, 6) is 0.885. The van der Waals surface area contributed by atoms with Crippen molar-refractivity contribution in [2.24, 2.45) is 0 Å². The number of anilines is 2. The molecule has 3 aliphatic heterocycles. The van der Waals surface area contributed by atoms with E-state index in [1.54, 1.807) is 12.1 Å². The van der Waals surface area contributed by atoms with E-state index in [-0.39, 0.29) is 27.9 Å². The molecule has 214 valence electrons. The molecule has 4 atom stereocenters. The molecule has 3 saturated heterocycles. The Kier molecular flexibility index (Phi) is 6.48. The van der Waals surface area contributed by atoms with Crippen LogP contribution in [0.3, 0.4) is 0 Å². The van der Waals surface area contributed by atoms with Crippen molar-refractivity contribution in [3.05, 3.63) is 53.3 Å². The van der Waals surface area contributed by atoms with Crippen LogP contribution in [-0.2, 0) is 0 Å². The second-order valence-electron chi connectivity index (χ2n) is 12.4. The zero-order valence-corrected chi connectivity index (χ0v) is 24.7. The smallest absolute Gasteiger partial charge is 0.228 e. The Morgan fingerprint density at radius 3 is 2.59 bits per heavy atom. The Balaban J connectivity index is 1.44. The second-order valence-corrected chi connectivity index (χ2v) is 12.8. The lowest BCUT2D eigenvalue weighted by Gasteiger charge is -2.50. The summed E-state index contributed by atoms with van der Waals surface area (Å²) in [5, 5.41) is 16.8. The van der Waals surface area contributed by atoms with Crippen LogP contribution >= 0.6 is 11.6 Å². The number of phenolic OH excluding ortho intramolecular Hbond substituents is 1. The van der Waals surface area contributed by atoms with Gasteiger partial charge in [0.15, 0.2) is 5.82 Å². The van der Waals surface area contributed by atoms with E-state index in [2.05, 4.69) is 48.0 Å². The first-order valence-electron chi connectivity index (χ1n) is 14.6. The first-order valence-corrected chi connectivity index (χ1v) is 14.9. The summed E-state index contributed by atoms with van der Waals surface area (Å²) in [5.41, 5.74) is 1.06. The summed E-state index contributed by atoms with van der Waals surface area (Å²) in [7, 11) is 4.15. The molecule has 9 heteroatoms. The molecule has 0 saturated carbocycles. The summed E-state index contributed by atoms with van der Waals surface area (Å²) < 4.78 is 16.9. The number of piperidine rings is 2. The SMILES string of the molecule is CC1CC2CC(CC(C)N2c2nc(N3CC(N(C)C)C3)nc3c(F)c(-c4cc(O)cc5ccccc45)c(Cl)cc23)N1. The van der Waals surface area contributed by atoms with Crippen LogP contribution in [0.4, 0.5) is 16.2 Å². The van der Waals surface area contributed by atoms with Crippen molar-refractivity contribution in [1.29, 1.82) is 0 Å². The third kappa shape index (κ3) is 4.47. The lowest BCUT2D eigenvalue weighted by molar-refractivity contribution is 0.221. The van der Waals surface area contributed by atoms with Gasteiger partial charge in [0, 0.05) is 54.2 Å². The van der Waals surface area contributed by atoms with Crippen LogP contribution in [0.1, 0.15) is 33.1 Å². The van der Waals surface area contributed by atoms with E-state index in [9.17, 15) is 5.11 Å². The zero-order chi connectivity index (χ0) is 28.6. The highest BCUT2D eigenvalue weighted by Gasteiger charge is 2.40. The molecule has 2 bridgehead atoms. The maximum Gasteiger partial charge on any atom is 0.228 e. The first kappa shape index (κ1) is 26.7. The lowest BCUT2D eigenvalue weighted by Crippen LogP contribution is -2.60. The Labute approximate surface area is 244 Å². The minimum atomic E-state index is -0.487. The molecule has 0 spiro atoms. The van der Waals surface area contributed by atoms with Gasteiger partial charge in [0.2, 0.25) is 5.95 Å². The molecular formula is C32H36ClFN6O. The van der Waals surface area contributed by atoms with E-state index in [1.165, 1.54) is 0 Å². The summed E-state index contributed by atoms with van der Waals surface area (Å²) >= 11 is 6.94. The topological polar surface area (TPSA) is 67.8 Å². The van der Waals surface area contributed by atoms with Crippen molar-refractivity contribution in [2.45, 2.75) is 63.3 Å². The number of likely N-dealkylation sites (N-methyl/N-ethyl adjacent to an activating group) is 1. The largest absolute Gasteiger partial charge is 0.508 e. The minimum Gasteiger partial charge on any atom is -0.508 e. The molecule has 4 heterocycles. The number of halogens is 2. The first-order chi connectivity index (χ1) is 19.7. The highest BCUT2D eigenvalue weighted by atomic mass is 35.5. The zero-order valence-electron chi connectivity index (χ0n) is 23.9. The Morgan fingerprint density at radius 2 is 1.80 bits per heavy atom. The molecular weight excluding hydrogens is 539 g/mol. The van der Waals surface area contributed by atoms with Gasteiger partial charge in [-0.2, -0.15) is 4.98 Å². The molecule has 1 aromatic heterocycles. The number of nitrogens with zero attached hydrogens (tertiary/aromatic N) is 5. The van der Waals surface area contributed by atoms with Crippen LogP contribution in [0.2, 0.25) is 5.02 Å². The Hall–Kier alpha value is -3.20. The Morgan fingerprint density at radius 1 is 1.02 bits per heavy atom. The van der Waals surface area contributed by atoms with Gasteiger partial charge in [-0.15, -0.1) is 0 Å². The molecule has 4 unspecified atom stereocenters. The van der Waals surface area contributed by atoms with Crippen molar-refractivity contribution >= 4 is 45.0 Å². The summed E-state index contributed by atoms with van der Waals surface area (Å²) in [6, 6.07) is 14.5. The van der Waals surface area contributed by atoms with E-state index in [0.29, 0.717) is 41.1 Å². The average Bonchev–Trinajstić information content (AvgIpc) is 2.87. The number of nitrogens with one attached hydrogen (secondary N) is 1. The summed E-state index contributed by atoms with van der Waals surface area (Å²) in [6.45, 7) is 6.06. The molecule has 0 aliphatic carbocycles. The van der Waals surface area contributed by atoms with E-state index in [1.807, 2.05) is 30.3 Å². The number of benzene rings is 3. The summed E-state index contributed by atoms with van der Waals surface area (Å²) in [6.07, 6.45) is 3.03. The third-order valence-corrected chi connectivity index (χ3v) is 9.58. The molecule has 3 aliphatic rings. The predicted octanol–water partition coefficient (Wildman–Crippen LogP) is 5.81. The van der Waals surface area contributed by atoms with Crippen LogP contribution in [-0.4, -0.2) is 77.4 Å². The quantitative estimate of drug-likeness (QED) is 0.319. The maximum absolute atomic E-state index is 16.9. The van der Waals surface area contributed by atoms with Crippen LogP contribution in [0.5, 0.6) is 5.75 Å². The van der Waals surface area contributed by atoms with Crippen molar-refractivity contribution < 1.29 is 9.50 Å². The van der Waals surface area contributed by atoms with Crippen LogP contribution in [0.15, 0.2) is 42.5 Å². The highest BCUT2D eigenvalue weighted by molar-refractivity contribution is 6.35. The van der Waals surface area contributed by atoms with Gasteiger partial charge in [0.25, 0.3) is 0 Å². The van der Waals surface area contributed by atoms with Gasteiger partial charge in [0.1, 0.15) is 17.1 Å². The fourth-order valence-corrected chi connectivity index (χ4v) is 7.52. The van der Waals surface area contributed by atoms with E-state index < -0.39 is 5.82 Å². The number of phenols is 1. The summed E-state index contributed by atoms with van der Waals surface area (Å²) in [4.78, 5) is 16.7. The van der Waals surface area contributed by atoms with Gasteiger partial charge in [-0.1, -0.05) is 35.9 Å². The number of hydrogen-bond acceptors (Lipinski definition) is 7. The minimum absolute atomic E-state index is 0.0605. The third-order valence-electron chi connectivity index (χ3n) is 9.28. The Bertz CT molecular complexity index is 1650. The molecule has 41 heavy (non-hydrogen) atoms. The van der Waals surface area contributed by atoms with Gasteiger partial charge in [0.05, 0.1) is 5.02 Å². The molecule has 7 nitrogen and oxygen atoms in total. The number of fused-ring (bicyclic) bond motifs is 4. The van der Waals surface area contributed by atoms with Crippen molar-refractivity contribution in [2.75, 3.05) is 37.0 Å². The van der Waals surface area contributed by atoms with Gasteiger partial charge < -0.3 is 25.1 Å². The molecule has 2 N–H and O–H groups in total. The van der Waals surface area contributed by atoms with E-state index >= 15 is 4.39 Å². The normalized spacial score (nSPS) is 24.9. The van der Waals surface area contributed by atoms with Gasteiger partial charge in [-0.3, -0.25) is 0 Å². The van der Waals surface area contributed by atoms with Crippen LogP contribution in [0, 0.1) is 5.82 Å². The van der Waals surface area contributed by atoms with Crippen molar-refractivity contribution in [3.8, 4) is 16.9 Å². The molecule has 7 rings (SSSR count). The average molecular weight is 575 g/mol. The van der Waals surface area contributed by atoms with E-state index in [4.69, 9.17) is 21.6 Å². The second kappa shape index (κ2) is 9.96. The van der Waals surface area contributed by atoms with Crippen molar-refractivity contribution in [3.63, 3.8) is 0 Å². The van der Waals surface area contributed by atoms with Crippen LogP contribution < -0.4 is 15.1 Å². The predicted molar refractivity (Wildman–Crippen MR) is 165 cm³/mol. The molecule has 0 radical (unpaired) electrons. The molecule has 4 aromatic rings. The van der Waals surface area contributed by atoms with E-state index in [0.717, 1.165) is 48.9 Å². The monoisotopic (exact) mass is 574 g/mol. The van der Waals surface area contributed by atoms with Crippen molar-refractivity contribution in [1.82, 2.24) is 20.2 Å². The van der Waals surface area contributed by atoms with Crippen LogP contribution in [0.25, 0.3) is 32.8 Å². The van der Waals surface area contributed by atoms with Gasteiger partial charge in [-0.05, 0) is 81.7 Å². The fraction of sp³-hybridized carbons (Fsp3) is 0.438. The highest BCUT2D eigenvalue weighted by Crippen LogP contribution is 2.44. The number of hydrogen-bond donors (Lipinski definition) is 2. The number of aromatic hydroxyl groups is 1. The molecule has 0 amide bonds. The molecule has 3 aromatic carbocycles.